The molecule has 3 N–H and O–H groups in total. The number of halogens is 1. The second-order valence-corrected chi connectivity index (χ2v) is 3.64. The number of aryl methyl sites for hydroxylation is 1. The van der Waals surface area contributed by atoms with Gasteiger partial charge >= 0.3 is 0 Å². The Kier molecular flexibility index (Phi) is 2.77. The lowest BCUT2D eigenvalue weighted by Gasteiger charge is -2.11. The van der Waals surface area contributed by atoms with Gasteiger partial charge in [-0.15, -0.1) is 0 Å². The Morgan fingerprint density at radius 2 is 1.69 bits per heavy atom. The summed E-state index contributed by atoms with van der Waals surface area (Å²) in [5.41, 5.74) is 8.67. The van der Waals surface area contributed by atoms with E-state index in [9.17, 15) is 4.39 Å². The molecule has 0 radical (unpaired) electrons. The average Bonchev–Trinajstić information content (AvgIpc) is 2.28. The van der Waals surface area contributed by atoms with Gasteiger partial charge < -0.3 is 11.1 Å². The molecule has 0 unspecified atom stereocenters. The zero-order valence-corrected chi connectivity index (χ0v) is 9.00. The summed E-state index contributed by atoms with van der Waals surface area (Å²) in [5.74, 6) is -0.289. The first-order valence-corrected chi connectivity index (χ1v) is 5.05. The maximum absolute atomic E-state index is 13.4. The highest BCUT2D eigenvalue weighted by Gasteiger charge is 2.04. The molecule has 2 aromatic rings. The second kappa shape index (κ2) is 4.23. The molecule has 0 aliphatic heterocycles. The molecule has 16 heavy (non-hydrogen) atoms. The number of hydrogen-bond donors (Lipinski definition) is 2. The molecule has 0 aliphatic carbocycles. The number of rotatable bonds is 2. The quantitative estimate of drug-likeness (QED) is 0.754. The Hall–Kier alpha value is -2.03. The minimum absolute atomic E-state index is 0.289. The maximum Gasteiger partial charge on any atom is 0.146 e. The molecular formula is C13H13FN2. The summed E-state index contributed by atoms with van der Waals surface area (Å²) in [7, 11) is 0. The van der Waals surface area contributed by atoms with Gasteiger partial charge in [0, 0.05) is 0 Å². The van der Waals surface area contributed by atoms with E-state index in [1.54, 1.807) is 18.2 Å². The first-order chi connectivity index (χ1) is 7.68. The van der Waals surface area contributed by atoms with Gasteiger partial charge in [0.25, 0.3) is 0 Å². The van der Waals surface area contributed by atoms with Crippen LogP contribution in [0.15, 0.2) is 42.5 Å². The van der Waals surface area contributed by atoms with Crippen LogP contribution in [0.4, 0.5) is 21.5 Å². The van der Waals surface area contributed by atoms with E-state index in [-0.39, 0.29) is 5.82 Å². The largest absolute Gasteiger partial charge is 0.397 e. The first kappa shape index (κ1) is 10.5. The minimum Gasteiger partial charge on any atom is -0.397 e. The Labute approximate surface area is 93.9 Å². The van der Waals surface area contributed by atoms with Gasteiger partial charge in [0.15, 0.2) is 0 Å². The van der Waals surface area contributed by atoms with Gasteiger partial charge in [-0.1, -0.05) is 24.3 Å². The Morgan fingerprint density at radius 1 is 1.00 bits per heavy atom. The normalized spacial score (nSPS) is 10.1. The third-order valence-electron chi connectivity index (χ3n) is 2.47. The Bertz CT molecular complexity index is 509. The molecule has 0 saturated carbocycles. The van der Waals surface area contributed by atoms with Crippen molar-refractivity contribution in [2.75, 3.05) is 11.1 Å². The molecule has 0 fully saturated rings. The third kappa shape index (κ3) is 1.98. The lowest BCUT2D eigenvalue weighted by Crippen LogP contribution is -1.99. The fourth-order valence-corrected chi connectivity index (χ4v) is 1.50. The van der Waals surface area contributed by atoms with E-state index in [1.807, 2.05) is 25.1 Å². The van der Waals surface area contributed by atoms with Gasteiger partial charge in [-0.05, 0) is 30.7 Å². The van der Waals surface area contributed by atoms with Crippen LogP contribution < -0.4 is 11.1 Å². The van der Waals surface area contributed by atoms with Crippen LogP contribution >= 0.6 is 0 Å². The van der Waals surface area contributed by atoms with E-state index in [2.05, 4.69) is 5.32 Å². The van der Waals surface area contributed by atoms with Crippen LogP contribution in [0.25, 0.3) is 0 Å². The molecule has 0 spiro atoms. The molecule has 2 rings (SSSR count). The highest BCUT2D eigenvalue weighted by Crippen LogP contribution is 2.26. The lowest BCUT2D eigenvalue weighted by atomic mass is 10.1. The molecule has 0 saturated heterocycles. The fraction of sp³-hybridized carbons (Fsp3) is 0.0769. The van der Waals surface area contributed by atoms with Crippen LogP contribution in [-0.2, 0) is 0 Å². The van der Waals surface area contributed by atoms with Crippen molar-refractivity contribution in [3.63, 3.8) is 0 Å². The molecule has 3 heteroatoms. The summed E-state index contributed by atoms with van der Waals surface area (Å²) in [4.78, 5) is 0. The lowest BCUT2D eigenvalue weighted by molar-refractivity contribution is 0.632. The van der Waals surface area contributed by atoms with Crippen molar-refractivity contribution in [2.24, 2.45) is 0 Å². The zero-order chi connectivity index (χ0) is 11.5. The van der Waals surface area contributed by atoms with Crippen LogP contribution in [0.3, 0.4) is 0 Å². The van der Waals surface area contributed by atoms with Crippen molar-refractivity contribution in [2.45, 2.75) is 6.92 Å². The van der Waals surface area contributed by atoms with Crippen molar-refractivity contribution < 1.29 is 4.39 Å². The number of anilines is 3. The summed E-state index contributed by atoms with van der Waals surface area (Å²) < 4.78 is 13.4. The van der Waals surface area contributed by atoms with Crippen LogP contribution in [0.2, 0.25) is 0 Å². The van der Waals surface area contributed by atoms with Gasteiger partial charge in [-0.2, -0.15) is 0 Å². The van der Waals surface area contributed by atoms with Crippen LogP contribution in [0, 0.1) is 12.7 Å². The summed E-state index contributed by atoms with van der Waals surface area (Å²) in [6, 6.07) is 12.1. The molecule has 0 bridgehead atoms. The number of nitrogen functional groups attached to an aromatic ring is 1. The molecule has 0 atom stereocenters. The molecule has 82 valence electrons. The molecule has 0 aliphatic rings. The van der Waals surface area contributed by atoms with Crippen molar-refractivity contribution in [1.82, 2.24) is 0 Å². The topological polar surface area (TPSA) is 38.0 Å². The van der Waals surface area contributed by atoms with Gasteiger partial charge in [0.1, 0.15) is 5.82 Å². The molecule has 0 aromatic heterocycles. The minimum atomic E-state index is -0.289. The van der Waals surface area contributed by atoms with E-state index in [4.69, 9.17) is 5.73 Å². The van der Waals surface area contributed by atoms with Gasteiger partial charge in [-0.3, -0.25) is 0 Å². The van der Waals surface area contributed by atoms with E-state index < -0.39 is 0 Å². The fourth-order valence-electron chi connectivity index (χ4n) is 1.50. The van der Waals surface area contributed by atoms with Gasteiger partial charge in [-0.25, -0.2) is 4.39 Å². The summed E-state index contributed by atoms with van der Waals surface area (Å²) >= 11 is 0. The van der Waals surface area contributed by atoms with Crippen molar-refractivity contribution in [1.29, 1.82) is 0 Å². The smallest absolute Gasteiger partial charge is 0.146 e. The van der Waals surface area contributed by atoms with E-state index in [0.717, 1.165) is 11.3 Å². The van der Waals surface area contributed by atoms with Crippen molar-refractivity contribution in [3.8, 4) is 0 Å². The average molecular weight is 216 g/mol. The second-order valence-electron chi connectivity index (χ2n) is 3.64. The number of nitrogens with two attached hydrogens (primary N) is 1. The highest BCUT2D eigenvalue weighted by atomic mass is 19.1. The van der Waals surface area contributed by atoms with Gasteiger partial charge in [0.2, 0.25) is 0 Å². The third-order valence-corrected chi connectivity index (χ3v) is 2.47. The van der Waals surface area contributed by atoms with Crippen molar-refractivity contribution >= 4 is 17.1 Å². The number of nitrogens with one attached hydrogen (secondary N) is 1. The maximum atomic E-state index is 13.4. The number of para-hydroxylation sites is 2. The Balaban J connectivity index is 2.35. The Morgan fingerprint density at radius 3 is 2.44 bits per heavy atom. The van der Waals surface area contributed by atoms with E-state index >= 15 is 0 Å². The van der Waals surface area contributed by atoms with E-state index in [1.165, 1.54) is 6.07 Å². The van der Waals surface area contributed by atoms with Crippen molar-refractivity contribution in [3.05, 3.63) is 53.8 Å². The highest BCUT2D eigenvalue weighted by molar-refractivity contribution is 5.75. The number of benzene rings is 2. The molecule has 0 amide bonds. The SMILES string of the molecule is Cc1cccc(Nc2ccccc2F)c1N. The zero-order valence-electron chi connectivity index (χ0n) is 9.00. The first-order valence-electron chi connectivity index (χ1n) is 5.05. The molecule has 0 heterocycles. The molecule has 2 aromatic carbocycles. The van der Waals surface area contributed by atoms with Crippen LogP contribution in [0.1, 0.15) is 5.56 Å². The predicted octanol–water partition coefficient (Wildman–Crippen LogP) is 3.46. The van der Waals surface area contributed by atoms with Gasteiger partial charge in [0.05, 0.1) is 17.1 Å². The predicted molar refractivity (Wildman–Crippen MR) is 65.3 cm³/mol. The van der Waals surface area contributed by atoms with E-state index in [0.29, 0.717) is 11.4 Å². The molecular weight excluding hydrogens is 203 g/mol. The standard InChI is InChI=1S/C13H13FN2/c1-9-5-4-8-12(13(9)15)16-11-7-3-2-6-10(11)14/h2-8,16H,15H2,1H3. The summed E-state index contributed by atoms with van der Waals surface area (Å²) in [6.07, 6.45) is 0. The monoisotopic (exact) mass is 216 g/mol. The van der Waals surface area contributed by atoms with Crippen LogP contribution in [0.5, 0.6) is 0 Å². The summed E-state index contributed by atoms with van der Waals surface area (Å²) in [5, 5.41) is 2.98. The summed E-state index contributed by atoms with van der Waals surface area (Å²) in [6.45, 7) is 1.92. The molecule has 2 nitrogen and oxygen atoms in total. The van der Waals surface area contributed by atoms with Crippen LogP contribution in [-0.4, -0.2) is 0 Å². The number of hydrogen-bond acceptors (Lipinski definition) is 2.